The van der Waals surface area contributed by atoms with E-state index in [4.69, 9.17) is 4.42 Å². The Bertz CT molecular complexity index is 708. The summed E-state index contributed by atoms with van der Waals surface area (Å²) >= 11 is 1.33. The van der Waals surface area contributed by atoms with Crippen LogP contribution >= 0.6 is 11.8 Å². The lowest BCUT2D eigenvalue weighted by Gasteiger charge is -2.35. The van der Waals surface area contributed by atoms with Gasteiger partial charge in [-0.2, -0.15) is 0 Å². The van der Waals surface area contributed by atoms with Crippen LogP contribution in [0.1, 0.15) is 19.4 Å². The van der Waals surface area contributed by atoms with Crippen molar-refractivity contribution in [2.75, 3.05) is 32.7 Å². The van der Waals surface area contributed by atoms with Gasteiger partial charge in [-0.3, -0.25) is 4.79 Å². The fourth-order valence-electron chi connectivity index (χ4n) is 2.81. The topological polar surface area (TPSA) is 62.5 Å². The largest absolute Gasteiger partial charge is 0.411 e. The van der Waals surface area contributed by atoms with Gasteiger partial charge in [0, 0.05) is 31.7 Å². The smallest absolute Gasteiger partial charge is 0.277 e. The lowest BCUT2D eigenvalue weighted by Crippen LogP contribution is -2.50. The van der Waals surface area contributed by atoms with Crippen molar-refractivity contribution in [1.82, 2.24) is 20.0 Å². The van der Waals surface area contributed by atoms with Crippen LogP contribution in [0.3, 0.4) is 0 Å². The summed E-state index contributed by atoms with van der Waals surface area (Å²) in [6.07, 6.45) is 0. The van der Waals surface area contributed by atoms with Crippen LogP contribution < -0.4 is 0 Å². The van der Waals surface area contributed by atoms with Crippen LogP contribution in [0.25, 0.3) is 11.5 Å². The Morgan fingerprint density at radius 2 is 1.88 bits per heavy atom. The fourth-order valence-corrected chi connectivity index (χ4v) is 3.58. The molecule has 6 nitrogen and oxygen atoms in total. The highest BCUT2D eigenvalue weighted by molar-refractivity contribution is 8.00. The molecule has 2 aromatic rings. The third kappa shape index (κ3) is 4.41. The third-order valence-electron chi connectivity index (χ3n) is 4.46. The molecule has 0 radical (unpaired) electrons. The highest BCUT2D eigenvalue weighted by atomic mass is 32.2. The third-order valence-corrected chi connectivity index (χ3v) is 5.38. The summed E-state index contributed by atoms with van der Waals surface area (Å²) in [5, 5.41) is 8.37. The monoisotopic (exact) mass is 360 g/mol. The van der Waals surface area contributed by atoms with Crippen molar-refractivity contribution >= 4 is 17.7 Å². The van der Waals surface area contributed by atoms with Crippen LogP contribution in [0, 0.1) is 6.92 Å². The molecular formula is C18H24N4O2S. The van der Waals surface area contributed by atoms with Crippen LogP contribution in [0.15, 0.2) is 33.9 Å². The Kier molecular flexibility index (Phi) is 5.75. The molecule has 1 aromatic carbocycles. The summed E-state index contributed by atoms with van der Waals surface area (Å²) in [4.78, 5) is 16.9. The number of hydrogen-bond acceptors (Lipinski definition) is 6. The summed E-state index contributed by atoms with van der Waals surface area (Å²) < 4.78 is 5.71. The highest BCUT2D eigenvalue weighted by Gasteiger charge is 2.26. The van der Waals surface area contributed by atoms with Crippen molar-refractivity contribution in [1.29, 1.82) is 0 Å². The molecule has 0 bridgehead atoms. The minimum atomic E-state index is -0.237. The number of nitrogens with zero attached hydrogens (tertiary/aromatic N) is 4. The highest BCUT2D eigenvalue weighted by Crippen LogP contribution is 2.27. The van der Waals surface area contributed by atoms with Gasteiger partial charge in [-0.25, -0.2) is 0 Å². The van der Waals surface area contributed by atoms with Gasteiger partial charge in [0.1, 0.15) is 0 Å². The molecule has 0 N–H and O–H groups in total. The number of aryl methyl sites for hydroxylation is 1. The molecule has 1 fully saturated rings. The van der Waals surface area contributed by atoms with E-state index >= 15 is 0 Å². The van der Waals surface area contributed by atoms with Gasteiger partial charge in [0.2, 0.25) is 11.8 Å². The number of rotatable bonds is 5. The second-order valence-electron chi connectivity index (χ2n) is 6.26. The zero-order chi connectivity index (χ0) is 17.8. The number of amides is 1. The average molecular weight is 360 g/mol. The predicted octanol–water partition coefficient (Wildman–Crippen LogP) is 2.69. The molecule has 0 unspecified atom stereocenters. The lowest BCUT2D eigenvalue weighted by molar-refractivity contribution is -0.132. The van der Waals surface area contributed by atoms with E-state index in [1.807, 2.05) is 43.0 Å². The van der Waals surface area contributed by atoms with E-state index in [0.717, 1.165) is 38.3 Å². The molecule has 1 saturated heterocycles. The van der Waals surface area contributed by atoms with Crippen molar-refractivity contribution in [3.63, 3.8) is 0 Å². The van der Waals surface area contributed by atoms with Gasteiger partial charge in [-0.15, -0.1) is 10.2 Å². The summed E-state index contributed by atoms with van der Waals surface area (Å²) in [6, 6.07) is 7.93. The Hall–Kier alpha value is -1.86. The Morgan fingerprint density at radius 3 is 2.52 bits per heavy atom. The molecule has 1 amide bonds. The van der Waals surface area contributed by atoms with Gasteiger partial charge in [0.25, 0.3) is 5.22 Å². The van der Waals surface area contributed by atoms with Crippen LogP contribution in [-0.2, 0) is 4.79 Å². The number of carbonyl (C=O) groups excluding carboxylic acids is 1. The second-order valence-corrected chi connectivity index (χ2v) is 7.55. The molecule has 1 aliphatic rings. The van der Waals surface area contributed by atoms with Gasteiger partial charge >= 0.3 is 0 Å². The molecule has 1 aliphatic heterocycles. The lowest BCUT2D eigenvalue weighted by atomic mass is 10.1. The molecule has 0 spiro atoms. The number of hydrogen-bond donors (Lipinski definition) is 0. The Morgan fingerprint density at radius 1 is 1.20 bits per heavy atom. The number of likely N-dealkylation sites (N-methyl/N-ethyl adjacent to an activating group) is 1. The first-order chi connectivity index (χ1) is 12.1. The van der Waals surface area contributed by atoms with Crippen molar-refractivity contribution < 1.29 is 9.21 Å². The van der Waals surface area contributed by atoms with Crippen LogP contribution in [0.5, 0.6) is 0 Å². The van der Waals surface area contributed by atoms with Crippen molar-refractivity contribution in [2.45, 2.75) is 31.2 Å². The molecule has 2 heterocycles. The molecule has 134 valence electrons. The van der Waals surface area contributed by atoms with Crippen LogP contribution in [-0.4, -0.2) is 63.9 Å². The number of thioether (sulfide) groups is 1. The number of carbonyl (C=O) groups is 1. The molecular weight excluding hydrogens is 336 g/mol. The molecule has 0 saturated carbocycles. The van der Waals surface area contributed by atoms with E-state index in [1.165, 1.54) is 17.3 Å². The minimum Gasteiger partial charge on any atom is -0.411 e. The zero-order valence-electron chi connectivity index (χ0n) is 14.9. The Balaban J connectivity index is 1.59. The van der Waals surface area contributed by atoms with E-state index in [0.29, 0.717) is 11.1 Å². The van der Waals surface area contributed by atoms with E-state index in [9.17, 15) is 4.79 Å². The first-order valence-corrected chi connectivity index (χ1v) is 9.53. The summed E-state index contributed by atoms with van der Waals surface area (Å²) in [7, 11) is 0. The van der Waals surface area contributed by atoms with E-state index in [1.54, 1.807) is 0 Å². The number of piperazine rings is 1. The van der Waals surface area contributed by atoms with Gasteiger partial charge in [-0.1, -0.05) is 36.4 Å². The standard InChI is InChI=1S/C18H24N4O2S/c1-4-21-9-11-22(12-10-21)17(23)14(3)25-18-20-19-16(24-18)15-7-5-13(2)6-8-15/h5-8,14H,4,9-12H2,1-3H3/t14-/m0/s1. The summed E-state index contributed by atoms with van der Waals surface area (Å²) in [5.41, 5.74) is 2.07. The van der Waals surface area contributed by atoms with Crippen molar-refractivity contribution in [2.24, 2.45) is 0 Å². The molecule has 25 heavy (non-hydrogen) atoms. The van der Waals surface area contributed by atoms with Gasteiger partial charge in [-0.05, 0) is 32.5 Å². The van der Waals surface area contributed by atoms with Crippen molar-refractivity contribution in [3.8, 4) is 11.5 Å². The van der Waals surface area contributed by atoms with Crippen LogP contribution in [0.4, 0.5) is 0 Å². The maximum absolute atomic E-state index is 12.6. The fraction of sp³-hybridized carbons (Fsp3) is 0.500. The number of aromatic nitrogens is 2. The first kappa shape index (κ1) is 17.9. The van der Waals surface area contributed by atoms with E-state index in [2.05, 4.69) is 22.0 Å². The van der Waals surface area contributed by atoms with Crippen molar-refractivity contribution in [3.05, 3.63) is 29.8 Å². The SMILES string of the molecule is CCN1CCN(C(=O)[C@H](C)Sc2nnc(-c3ccc(C)cc3)o2)CC1. The zero-order valence-corrected chi connectivity index (χ0v) is 15.8. The van der Waals surface area contributed by atoms with Crippen LogP contribution in [0.2, 0.25) is 0 Å². The summed E-state index contributed by atoms with van der Waals surface area (Å²) in [6.45, 7) is 10.6. The first-order valence-electron chi connectivity index (χ1n) is 8.65. The summed E-state index contributed by atoms with van der Waals surface area (Å²) in [5.74, 6) is 0.620. The molecule has 1 aromatic heterocycles. The predicted molar refractivity (Wildman–Crippen MR) is 98.5 cm³/mol. The van der Waals surface area contributed by atoms with Gasteiger partial charge < -0.3 is 14.2 Å². The molecule has 7 heteroatoms. The minimum absolute atomic E-state index is 0.135. The number of benzene rings is 1. The Labute approximate surface area is 152 Å². The maximum atomic E-state index is 12.6. The normalized spacial score (nSPS) is 16.8. The van der Waals surface area contributed by atoms with Gasteiger partial charge in [0.05, 0.1) is 5.25 Å². The average Bonchev–Trinajstić information content (AvgIpc) is 3.10. The quantitative estimate of drug-likeness (QED) is 0.764. The van der Waals surface area contributed by atoms with E-state index in [-0.39, 0.29) is 11.2 Å². The van der Waals surface area contributed by atoms with E-state index < -0.39 is 0 Å². The maximum Gasteiger partial charge on any atom is 0.277 e. The van der Waals surface area contributed by atoms with Gasteiger partial charge in [0.15, 0.2) is 0 Å². The molecule has 3 rings (SSSR count). The molecule has 0 aliphatic carbocycles. The second kappa shape index (κ2) is 8.01. The molecule has 1 atom stereocenters.